The lowest BCUT2D eigenvalue weighted by Gasteiger charge is -2.39. The number of carboxylic acid groups (broad SMARTS) is 1. The summed E-state index contributed by atoms with van der Waals surface area (Å²) in [5.41, 5.74) is 1.51. The zero-order chi connectivity index (χ0) is 20.3. The van der Waals surface area contributed by atoms with Crippen molar-refractivity contribution in [1.29, 1.82) is 0 Å². The number of nitrogens with zero attached hydrogens (tertiary/aromatic N) is 3. The predicted molar refractivity (Wildman–Crippen MR) is 109 cm³/mol. The molecular formula is C23H23N3O3. The molecule has 2 heterocycles. The fourth-order valence-electron chi connectivity index (χ4n) is 3.99. The zero-order valence-electron chi connectivity index (χ0n) is 16.1. The minimum atomic E-state index is -0.935. The van der Waals surface area contributed by atoms with Crippen LogP contribution in [0.4, 0.5) is 0 Å². The molecule has 0 saturated carbocycles. The summed E-state index contributed by atoms with van der Waals surface area (Å²) in [6.07, 6.45) is 4.14. The Morgan fingerprint density at radius 3 is 2.21 bits per heavy atom. The van der Waals surface area contributed by atoms with E-state index in [4.69, 9.17) is 0 Å². The number of benzene rings is 2. The summed E-state index contributed by atoms with van der Waals surface area (Å²) >= 11 is 0. The molecule has 1 fully saturated rings. The molecule has 1 aliphatic heterocycles. The van der Waals surface area contributed by atoms with Crippen molar-refractivity contribution in [3.05, 3.63) is 89.7 Å². The van der Waals surface area contributed by atoms with Crippen LogP contribution >= 0.6 is 0 Å². The molecule has 1 N–H and O–H groups in total. The van der Waals surface area contributed by atoms with E-state index < -0.39 is 11.4 Å². The number of likely N-dealkylation sites (tertiary alicyclic amines) is 1. The number of carbonyl (C=O) groups excluding carboxylic acids is 1. The molecular weight excluding hydrogens is 366 g/mol. The van der Waals surface area contributed by atoms with E-state index in [0.717, 1.165) is 11.1 Å². The summed E-state index contributed by atoms with van der Waals surface area (Å²) in [5.74, 6) is -0.928. The van der Waals surface area contributed by atoms with Crippen LogP contribution in [0.1, 0.15) is 34.3 Å². The van der Waals surface area contributed by atoms with Gasteiger partial charge >= 0.3 is 5.97 Å². The fourth-order valence-corrected chi connectivity index (χ4v) is 3.99. The normalized spacial score (nSPS) is 15.8. The average molecular weight is 389 g/mol. The molecule has 148 valence electrons. The molecule has 2 aromatic carbocycles. The Bertz CT molecular complexity index is 990. The molecule has 0 aliphatic carbocycles. The number of hydrogen-bond acceptors (Lipinski definition) is 3. The van der Waals surface area contributed by atoms with E-state index in [1.54, 1.807) is 22.0 Å². The summed E-state index contributed by atoms with van der Waals surface area (Å²) in [4.78, 5) is 26.7. The van der Waals surface area contributed by atoms with Gasteiger partial charge in [-0.25, -0.2) is 0 Å². The Hall–Kier alpha value is -3.41. The van der Waals surface area contributed by atoms with Gasteiger partial charge in [0.2, 0.25) is 0 Å². The molecule has 3 aromatic rings. The lowest BCUT2D eigenvalue weighted by molar-refractivity contribution is -0.145. The SMILES string of the molecule is O=C(c1cnn(Cc2ccccc2)c1)N1CCC(C(=O)O)(c2ccccc2)CC1. The number of carbonyl (C=O) groups is 2. The molecule has 1 aliphatic rings. The number of amides is 1. The van der Waals surface area contributed by atoms with Gasteiger partial charge in [0.05, 0.1) is 23.7 Å². The first kappa shape index (κ1) is 18.9. The quantitative estimate of drug-likeness (QED) is 0.727. The number of piperidine rings is 1. The number of rotatable bonds is 5. The van der Waals surface area contributed by atoms with Gasteiger partial charge in [-0.3, -0.25) is 14.3 Å². The van der Waals surface area contributed by atoms with E-state index in [1.165, 1.54) is 0 Å². The van der Waals surface area contributed by atoms with Crippen molar-refractivity contribution in [2.45, 2.75) is 24.8 Å². The maximum atomic E-state index is 12.9. The molecule has 6 heteroatoms. The highest BCUT2D eigenvalue weighted by atomic mass is 16.4. The minimum Gasteiger partial charge on any atom is -0.481 e. The van der Waals surface area contributed by atoms with E-state index >= 15 is 0 Å². The number of hydrogen-bond donors (Lipinski definition) is 1. The van der Waals surface area contributed by atoms with Gasteiger partial charge in [-0.1, -0.05) is 60.7 Å². The lowest BCUT2D eigenvalue weighted by Crippen LogP contribution is -2.49. The lowest BCUT2D eigenvalue weighted by atomic mass is 9.73. The molecule has 0 spiro atoms. The Labute approximate surface area is 169 Å². The van der Waals surface area contributed by atoms with Gasteiger partial charge < -0.3 is 10.0 Å². The van der Waals surface area contributed by atoms with Crippen LogP contribution in [0.5, 0.6) is 0 Å². The molecule has 0 unspecified atom stereocenters. The van der Waals surface area contributed by atoms with Gasteiger partial charge in [-0.15, -0.1) is 0 Å². The monoisotopic (exact) mass is 389 g/mol. The van der Waals surface area contributed by atoms with Gasteiger partial charge in [-0.05, 0) is 24.0 Å². The summed E-state index contributed by atoms with van der Waals surface area (Å²) in [6, 6.07) is 19.3. The van der Waals surface area contributed by atoms with Crippen molar-refractivity contribution >= 4 is 11.9 Å². The number of aliphatic carboxylic acids is 1. The molecule has 1 saturated heterocycles. The molecule has 0 bridgehead atoms. The highest BCUT2D eigenvalue weighted by Crippen LogP contribution is 2.36. The van der Waals surface area contributed by atoms with E-state index in [1.807, 2.05) is 60.7 Å². The Kier molecular flexibility index (Phi) is 5.16. The maximum Gasteiger partial charge on any atom is 0.314 e. The van der Waals surface area contributed by atoms with Crippen molar-refractivity contribution in [2.24, 2.45) is 0 Å². The second-order valence-electron chi connectivity index (χ2n) is 7.46. The minimum absolute atomic E-state index is 0.101. The van der Waals surface area contributed by atoms with Crippen molar-refractivity contribution in [3.8, 4) is 0 Å². The van der Waals surface area contributed by atoms with Crippen molar-refractivity contribution < 1.29 is 14.7 Å². The third-order valence-corrected chi connectivity index (χ3v) is 5.71. The second kappa shape index (κ2) is 7.91. The highest BCUT2D eigenvalue weighted by molar-refractivity contribution is 5.94. The van der Waals surface area contributed by atoms with Crippen LogP contribution in [0.3, 0.4) is 0 Å². The molecule has 29 heavy (non-hydrogen) atoms. The van der Waals surface area contributed by atoms with E-state index in [9.17, 15) is 14.7 Å². The van der Waals surface area contributed by atoms with Gasteiger partial charge in [0.1, 0.15) is 0 Å². The van der Waals surface area contributed by atoms with Gasteiger partial charge in [0.25, 0.3) is 5.91 Å². The van der Waals surface area contributed by atoms with E-state index in [0.29, 0.717) is 38.0 Å². The Morgan fingerprint density at radius 1 is 0.966 bits per heavy atom. The smallest absolute Gasteiger partial charge is 0.314 e. The van der Waals surface area contributed by atoms with Gasteiger partial charge in [0, 0.05) is 19.3 Å². The molecule has 0 radical (unpaired) electrons. The van der Waals surface area contributed by atoms with Crippen molar-refractivity contribution in [2.75, 3.05) is 13.1 Å². The van der Waals surface area contributed by atoms with E-state index in [-0.39, 0.29) is 5.91 Å². The number of aromatic nitrogens is 2. The molecule has 1 amide bonds. The topological polar surface area (TPSA) is 75.4 Å². The van der Waals surface area contributed by atoms with Crippen LogP contribution in [0, 0.1) is 0 Å². The van der Waals surface area contributed by atoms with Crippen molar-refractivity contribution in [3.63, 3.8) is 0 Å². The van der Waals surface area contributed by atoms with Gasteiger partial charge in [0.15, 0.2) is 0 Å². The third-order valence-electron chi connectivity index (χ3n) is 5.71. The van der Waals surface area contributed by atoms with E-state index in [2.05, 4.69) is 5.10 Å². The second-order valence-corrected chi connectivity index (χ2v) is 7.46. The zero-order valence-corrected chi connectivity index (χ0v) is 16.1. The first-order valence-corrected chi connectivity index (χ1v) is 9.73. The summed E-state index contributed by atoms with van der Waals surface area (Å²) in [5, 5.41) is 14.2. The standard InChI is InChI=1S/C23H23N3O3/c27-21(19-15-24-26(17-19)16-18-7-3-1-4-8-18)25-13-11-23(12-14-25,22(28)29)20-9-5-2-6-10-20/h1-10,15,17H,11-14,16H2,(H,28,29). The first-order valence-electron chi connectivity index (χ1n) is 9.73. The van der Waals surface area contributed by atoms with Crippen LogP contribution in [0.2, 0.25) is 0 Å². The first-order chi connectivity index (χ1) is 14.1. The summed E-state index contributed by atoms with van der Waals surface area (Å²) < 4.78 is 1.75. The Morgan fingerprint density at radius 2 is 1.59 bits per heavy atom. The van der Waals surface area contributed by atoms with Crippen LogP contribution in [-0.4, -0.2) is 44.8 Å². The van der Waals surface area contributed by atoms with Crippen molar-refractivity contribution in [1.82, 2.24) is 14.7 Å². The van der Waals surface area contributed by atoms with Gasteiger partial charge in [-0.2, -0.15) is 5.10 Å². The fraction of sp³-hybridized carbons (Fsp3) is 0.261. The Balaban J connectivity index is 1.45. The predicted octanol–water partition coefficient (Wildman–Crippen LogP) is 3.19. The summed E-state index contributed by atoms with van der Waals surface area (Å²) in [7, 11) is 0. The molecule has 0 atom stereocenters. The van der Waals surface area contributed by atoms with Crippen LogP contribution in [-0.2, 0) is 16.8 Å². The number of carboxylic acids is 1. The largest absolute Gasteiger partial charge is 0.481 e. The third kappa shape index (κ3) is 3.78. The molecule has 4 rings (SSSR count). The highest BCUT2D eigenvalue weighted by Gasteiger charge is 2.44. The maximum absolute atomic E-state index is 12.9. The molecule has 6 nitrogen and oxygen atoms in total. The van der Waals surface area contributed by atoms with Crippen LogP contribution in [0.15, 0.2) is 73.1 Å². The van der Waals surface area contributed by atoms with Crippen LogP contribution < -0.4 is 0 Å². The summed E-state index contributed by atoms with van der Waals surface area (Å²) in [6.45, 7) is 1.41. The van der Waals surface area contributed by atoms with Crippen LogP contribution in [0.25, 0.3) is 0 Å². The molecule has 1 aromatic heterocycles. The average Bonchev–Trinajstić information content (AvgIpc) is 3.23.